The minimum absolute atomic E-state index is 0.148. The van der Waals surface area contributed by atoms with Gasteiger partial charge in [-0.05, 0) is 45.4 Å². The van der Waals surface area contributed by atoms with Crippen molar-refractivity contribution in [2.75, 3.05) is 11.9 Å². The Morgan fingerprint density at radius 1 is 1.21 bits per heavy atom. The molecule has 28 heavy (non-hydrogen) atoms. The summed E-state index contributed by atoms with van der Waals surface area (Å²) in [6.45, 7) is 3.72. The van der Waals surface area contributed by atoms with Crippen LogP contribution in [-0.4, -0.2) is 45.0 Å². The zero-order valence-corrected chi connectivity index (χ0v) is 16.0. The number of nitrogens with one attached hydrogen (secondary N) is 1. The van der Waals surface area contributed by atoms with E-state index in [0.717, 1.165) is 18.4 Å². The molecule has 2 aromatic rings. The molecule has 0 bridgehead atoms. The van der Waals surface area contributed by atoms with Crippen LogP contribution in [0.2, 0.25) is 0 Å². The normalized spacial score (nSPS) is 21.5. The SMILES string of the molecule is CCOc1ncc(C2CCC(O)CC2)c2nc(N[C@@H](C)CC(F)(F)F)ncc12. The molecule has 9 heteroatoms. The van der Waals surface area contributed by atoms with Gasteiger partial charge >= 0.3 is 6.18 Å². The number of hydrogen-bond acceptors (Lipinski definition) is 6. The van der Waals surface area contributed by atoms with Crippen molar-refractivity contribution in [3.05, 3.63) is 18.0 Å². The number of nitrogens with zero attached hydrogens (tertiary/aromatic N) is 3. The topological polar surface area (TPSA) is 80.2 Å². The number of anilines is 1. The number of halogens is 3. The fraction of sp³-hybridized carbons (Fsp3) is 0.632. The lowest BCUT2D eigenvalue weighted by molar-refractivity contribution is -0.136. The van der Waals surface area contributed by atoms with Gasteiger partial charge in [-0.2, -0.15) is 13.2 Å². The third-order valence-electron chi connectivity index (χ3n) is 4.94. The lowest BCUT2D eigenvalue weighted by Crippen LogP contribution is -2.25. The van der Waals surface area contributed by atoms with Crippen LogP contribution in [0.4, 0.5) is 19.1 Å². The van der Waals surface area contributed by atoms with Crippen molar-refractivity contribution in [2.45, 2.75) is 70.2 Å². The summed E-state index contributed by atoms with van der Waals surface area (Å²) in [5, 5.41) is 13.1. The van der Waals surface area contributed by atoms with Crippen LogP contribution in [0.25, 0.3) is 10.9 Å². The molecular weight excluding hydrogens is 373 g/mol. The maximum Gasteiger partial charge on any atom is 0.391 e. The third kappa shape index (κ3) is 5.01. The van der Waals surface area contributed by atoms with Crippen molar-refractivity contribution in [1.82, 2.24) is 15.0 Å². The highest BCUT2D eigenvalue weighted by molar-refractivity contribution is 5.86. The molecular formula is C19H25F3N4O2. The van der Waals surface area contributed by atoms with Gasteiger partial charge < -0.3 is 15.2 Å². The first-order valence-electron chi connectivity index (χ1n) is 9.56. The van der Waals surface area contributed by atoms with Crippen LogP contribution in [0.1, 0.15) is 57.4 Å². The summed E-state index contributed by atoms with van der Waals surface area (Å²) in [6.07, 6.45) is 0.790. The maximum absolute atomic E-state index is 12.6. The highest BCUT2D eigenvalue weighted by atomic mass is 19.4. The molecule has 2 heterocycles. The van der Waals surface area contributed by atoms with Crippen LogP contribution in [-0.2, 0) is 0 Å². The van der Waals surface area contributed by atoms with Gasteiger partial charge in [0.05, 0.1) is 30.0 Å². The molecule has 1 aliphatic carbocycles. The number of aliphatic hydroxyl groups excluding tert-OH is 1. The van der Waals surface area contributed by atoms with Gasteiger partial charge in [-0.25, -0.2) is 15.0 Å². The molecule has 0 aliphatic heterocycles. The fourth-order valence-electron chi connectivity index (χ4n) is 3.64. The van der Waals surface area contributed by atoms with Crippen molar-refractivity contribution in [1.29, 1.82) is 0 Å². The van der Waals surface area contributed by atoms with Crippen LogP contribution in [0.3, 0.4) is 0 Å². The average molecular weight is 398 g/mol. The maximum atomic E-state index is 12.6. The van der Waals surface area contributed by atoms with E-state index in [2.05, 4.69) is 20.3 Å². The second-order valence-corrected chi connectivity index (χ2v) is 7.28. The Kier molecular flexibility index (Phi) is 6.22. The molecule has 1 aliphatic rings. The van der Waals surface area contributed by atoms with Gasteiger partial charge in [0, 0.05) is 24.0 Å². The molecule has 1 saturated carbocycles. The number of aromatic nitrogens is 3. The zero-order valence-electron chi connectivity index (χ0n) is 16.0. The minimum Gasteiger partial charge on any atom is -0.477 e. The van der Waals surface area contributed by atoms with E-state index in [4.69, 9.17) is 4.74 Å². The van der Waals surface area contributed by atoms with Gasteiger partial charge in [0.15, 0.2) is 0 Å². The van der Waals surface area contributed by atoms with E-state index < -0.39 is 18.6 Å². The van der Waals surface area contributed by atoms with Crippen molar-refractivity contribution < 1.29 is 23.0 Å². The predicted octanol–water partition coefficient (Wildman–Crippen LogP) is 4.19. The monoisotopic (exact) mass is 398 g/mol. The van der Waals surface area contributed by atoms with Crippen LogP contribution in [0, 0.1) is 0 Å². The number of alkyl halides is 3. The van der Waals surface area contributed by atoms with Crippen molar-refractivity contribution in [2.24, 2.45) is 0 Å². The molecule has 2 N–H and O–H groups in total. The Hall–Kier alpha value is -2.16. The van der Waals surface area contributed by atoms with Crippen LogP contribution < -0.4 is 10.1 Å². The molecule has 0 unspecified atom stereocenters. The number of aliphatic hydroxyl groups is 1. The van der Waals surface area contributed by atoms with Crippen LogP contribution in [0.15, 0.2) is 12.4 Å². The summed E-state index contributed by atoms with van der Waals surface area (Å²) in [6, 6.07) is -0.848. The highest BCUT2D eigenvalue weighted by Gasteiger charge is 2.30. The molecule has 1 atom stereocenters. The van der Waals surface area contributed by atoms with Gasteiger partial charge in [0.1, 0.15) is 0 Å². The lowest BCUT2D eigenvalue weighted by Gasteiger charge is -2.26. The van der Waals surface area contributed by atoms with Crippen molar-refractivity contribution >= 4 is 16.9 Å². The van der Waals surface area contributed by atoms with E-state index in [0.29, 0.717) is 36.2 Å². The van der Waals surface area contributed by atoms with Gasteiger partial charge in [0.25, 0.3) is 0 Å². The predicted molar refractivity (Wildman–Crippen MR) is 99.5 cm³/mol. The minimum atomic E-state index is -4.26. The number of fused-ring (bicyclic) bond motifs is 1. The molecule has 0 spiro atoms. The summed E-state index contributed by atoms with van der Waals surface area (Å²) in [7, 11) is 0. The molecule has 154 valence electrons. The van der Waals surface area contributed by atoms with Crippen LogP contribution in [0.5, 0.6) is 5.88 Å². The lowest BCUT2D eigenvalue weighted by atomic mass is 9.83. The number of pyridine rings is 1. The Labute approximate surface area is 161 Å². The summed E-state index contributed by atoms with van der Waals surface area (Å²) in [5.41, 5.74) is 1.55. The Balaban J connectivity index is 1.94. The molecule has 0 aromatic carbocycles. The van der Waals surface area contributed by atoms with Crippen molar-refractivity contribution in [3.8, 4) is 5.88 Å². The van der Waals surface area contributed by atoms with Crippen LogP contribution >= 0.6 is 0 Å². The molecule has 0 saturated heterocycles. The van der Waals surface area contributed by atoms with Gasteiger partial charge in [-0.3, -0.25) is 0 Å². The summed E-state index contributed by atoms with van der Waals surface area (Å²) in [5.74, 6) is 0.742. The van der Waals surface area contributed by atoms with Crippen molar-refractivity contribution in [3.63, 3.8) is 0 Å². The largest absolute Gasteiger partial charge is 0.477 e. The zero-order chi connectivity index (χ0) is 20.3. The Morgan fingerprint density at radius 2 is 1.93 bits per heavy atom. The molecule has 1 fully saturated rings. The number of rotatable bonds is 6. The molecule has 0 amide bonds. The first kappa shape index (κ1) is 20.6. The summed E-state index contributed by atoms with van der Waals surface area (Å²) >= 11 is 0. The first-order valence-corrected chi connectivity index (χ1v) is 9.56. The first-order chi connectivity index (χ1) is 13.3. The molecule has 3 rings (SSSR count). The quantitative estimate of drug-likeness (QED) is 0.759. The van der Waals surface area contributed by atoms with E-state index in [-0.39, 0.29) is 18.0 Å². The second-order valence-electron chi connectivity index (χ2n) is 7.28. The smallest absolute Gasteiger partial charge is 0.391 e. The van der Waals surface area contributed by atoms with Gasteiger partial charge in [-0.1, -0.05) is 0 Å². The number of hydrogen-bond donors (Lipinski definition) is 2. The standard InChI is InChI=1S/C19H25F3N4O2/c1-3-28-17-15-10-24-18(25-11(2)8-19(20,21)22)26-16(15)14(9-23-17)12-4-6-13(27)7-5-12/h9-13,27H,3-8H2,1-2H3,(H,24,25,26)/t11-,12?,13?/m0/s1. The third-order valence-corrected chi connectivity index (χ3v) is 4.94. The Bertz CT molecular complexity index is 808. The average Bonchev–Trinajstić information content (AvgIpc) is 2.61. The molecule has 0 radical (unpaired) electrons. The van der Waals surface area contributed by atoms with E-state index >= 15 is 0 Å². The Morgan fingerprint density at radius 3 is 2.57 bits per heavy atom. The number of ether oxygens (including phenoxy) is 1. The molecule has 2 aromatic heterocycles. The highest BCUT2D eigenvalue weighted by Crippen LogP contribution is 2.37. The summed E-state index contributed by atoms with van der Waals surface area (Å²) < 4.78 is 43.4. The van der Waals surface area contributed by atoms with E-state index in [1.807, 2.05) is 6.92 Å². The van der Waals surface area contributed by atoms with Gasteiger partial charge in [0.2, 0.25) is 11.8 Å². The van der Waals surface area contributed by atoms with E-state index in [1.54, 1.807) is 12.4 Å². The molecule has 6 nitrogen and oxygen atoms in total. The summed E-state index contributed by atoms with van der Waals surface area (Å²) in [4.78, 5) is 13.1. The van der Waals surface area contributed by atoms with E-state index in [9.17, 15) is 18.3 Å². The fourth-order valence-corrected chi connectivity index (χ4v) is 3.64. The second kappa shape index (κ2) is 8.46. The van der Waals surface area contributed by atoms with E-state index in [1.165, 1.54) is 6.92 Å². The van der Waals surface area contributed by atoms with Gasteiger partial charge in [-0.15, -0.1) is 0 Å².